The lowest BCUT2D eigenvalue weighted by Gasteiger charge is -2.25. The highest BCUT2D eigenvalue weighted by Crippen LogP contribution is 2.37. The molecular weight excluding hydrogens is 564 g/mol. The number of carbonyl (C=O) groups is 1. The van der Waals surface area contributed by atoms with E-state index in [0.29, 0.717) is 49.5 Å². The van der Waals surface area contributed by atoms with Gasteiger partial charge in [0, 0.05) is 10.6 Å². The number of fused-ring (bicyclic) bond motifs is 1. The summed E-state index contributed by atoms with van der Waals surface area (Å²) in [5, 5.41) is 0.434. The third-order valence-corrected chi connectivity index (χ3v) is 7.85. The molecule has 1 aliphatic heterocycles. The number of carbonyl (C=O) groups excluding carboxylic acids is 1. The first-order valence-corrected chi connectivity index (χ1v) is 13.8. The van der Waals surface area contributed by atoms with Crippen LogP contribution >= 0.6 is 22.9 Å². The second-order valence-electron chi connectivity index (χ2n) is 9.14. The van der Waals surface area contributed by atoms with Crippen molar-refractivity contribution in [3.05, 3.63) is 119 Å². The predicted octanol–water partition coefficient (Wildman–Crippen LogP) is 4.66. The molecule has 0 unspecified atom stereocenters. The minimum Gasteiger partial charge on any atom is -0.496 e. The first-order chi connectivity index (χ1) is 19.8. The topological polar surface area (TPSA) is 88.4 Å². The molecule has 0 bridgehead atoms. The van der Waals surface area contributed by atoms with Gasteiger partial charge >= 0.3 is 5.97 Å². The number of halogens is 1. The van der Waals surface area contributed by atoms with Crippen LogP contribution in [0.1, 0.15) is 29.7 Å². The number of esters is 1. The Morgan fingerprint density at radius 1 is 1.00 bits per heavy atom. The van der Waals surface area contributed by atoms with Crippen LogP contribution in [0, 0.1) is 0 Å². The molecule has 0 N–H and O–H groups in total. The van der Waals surface area contributed by atoms with E-state index >= 15 is 0 Å². The molecule has 1 atom stereocenters. The maximum atomic E-state index is 13.9. The Balaban J connectivity index is 1.60. The van der Waals surface area contributed by atoms with Gasteiger partial charge in [0.1, 0.15) is 18.4 Å². The van der Waals surface area contributed by atoms with Crippen molar-refractivity contribution in [2.24, 2.45) is 4.99 Å². The number of thiazole rings is 1. The maximum Gasteiger partial charge on any atom is 0.338 e. The van der Waals surface area contributed by atoms with E-state index in [1.165, 1.54) is 30.1 Å². The summed E-state index contributed by atoms with van der Waals surface area (Å²) in [6, 6.07) is 19.5. The fourth-order valence-corrected chi connectivity index (χ4v) is 5.91. The van der Waals surface area contributed by atoms with Crippen LogP contribution in [0.3, 0.4) is 0 Å². The summed E-state index contributed by atoms with van der Waals surface area (Å²) in [5.74, 6) is 0.999. The number of hydrogen-bond donors (Lipinski definition) is 0. The van der Waals surface area contributed by atoms with E-state index in [1.54, 1.807) is 44.4 Å². The molecule has 10 heteroatoms. The SMILES string of the molecule is COC(=O)C1=C(C)N=c2s/c(=C\c3ccc(OCc4ccccc4)c(OC)c3)c(=O)n2[C@@H]1c1cc(Cl)ccc1OC. The van der Waals surface area contributed by atoms with E-state index in [4.69, 9.17) is 30.5 Å². The average Bonchev–Trinajstić information content (AvgIpc) is 3.29. The summed E-state index contributed by atoms with van der Waals surface area (Å²) in [6.07, 6.45) is 1.76. The van der Waals surface area contributed by atoms with Gasteiger partial charge in [-0.2, -0.15) is 0 Å². The number of ether oxygens (including phenoxy) is 4. The monoisotopic (exact) mass is 590 g/mol. The van der Waals surface area contributed by atoms with Crippen LogP contribution in [0.2, 0.25) is 5.02 Å². The first-order valence-electron chi connectivity index (χ1n) is 12.6. The minimum atomic E-state index is -0.849. The van der Waals surface area contributed by atoms with Gasteiger partial charge in [0.15, 0.2) is 16.3 Å². The van der Waals surface area contributed by atoms with Gasteiger partial charge in [-0.05, 0) is 54.5 Å². The smallest absolute Gasteiger partial charge is 0.338 e. The van der Waals surface area contributed by atoms with Gasteiger partial charge in [-0.25, -0.2) is 9.79 Å². The van der Waals surface area contributed by atoms with Gasteiger partial charge in [-0.3, -0.25) is 9.36 Å². The summed E-state index contributed by atoms with van der Waals surface area (Å²) in [5.41, 5.74) is 2.67. The van der Waals surface area contributed by atoms with Crippen molar-refractivity contribution in [2.45, 2.75) is 19.6 Å². The summed E-state index contributed by atoms with van der Waals surface area (Å²) < 4.78 is 24.1. The molecule has 0 saturated heterocycles. The highest BCUT2D eigenvalue weighted by Gasteiger charge is 2.35. The molecule has 41 heavy (non-hydrogen) atoms. The van der Waals surface area contributed by atoms with Crippen LogP contribution in [0.5, 0.6) is 17.2 Å². The van der Waals surface area contributed by atoms with Gasteiger partial charge in [-0.1, -0.05) is 59.3 Å². The normalized spacial score (nSPS) is 14.8. The van der Waals surface area contributed by atoms with Crippen LogP contribution in [0.15, 0.2) is 87.8 Å². The van der Waals surface area contributed by atoms with Crippen molar-refractivity contribution < 1.29 is 23.7 Å². The standard InChI is InChI=1S/C31H27ClN2O6S/c1-18-27(30(36)39-4)28(22-16-21(32)11-13-23(22)37-2)34-29(35)26(41-31(34)33-18)15-20-10-12-24(25(14-20)38-3)40-17-19-8-6-5-7-9-19/h5-16,28H,17H2,1-4H3/b26-15-/t28-/m1/s1. The van der Waals surface area contributed by atoms with Crippen molar-refractivity contribution >= 4 is 35.0 Å². The van der Waals surface area contributed by atoms with Gasteiger partial charge in [0.05, 0.1) is 37.1 Å². The average molecular weight is 591 g/mol. The molecule has 1 aromatic heterocycles. The number of allylic oxidation sites excluding steroid dienone is 1. The molecule has 4 aromatic rings. The fraction of sp³-hybridized carbons (Fsp3) is 0.194. The van der Waals surface area contributed by atoms with E-state index in [9.17, 15) is 9.59 Å². The van der Waals surface area contributed by atoms with E-state index in [1.807, 2.05) is 42.5 Å². The fourth-order valence-electron chi connectivity index (χ4n) is 4.69. The lowest BCUT2D eigenvalue weighted by Crippen LogP contribution is -2.40. The highest BCUT2D eigenvalue weighted by molar-refractivity contribution is 7.07. The summed E-state index contributed by atoms with van der Waals surface area (Å²) in [4.78, 5) is 31.9. The van der Waals surface area contributed by atoms with Crippen molar-refractivity contribution in [1.82, 2.24) is 4.57 Å². The van der Waals surface area contributed by atoms with E-state index in [-0.39, 0.29) is 11.1 Å². The van der Waals surface area contributed by atoms with Crippen LogP contribution in [-0.4, -0.2) is 31.9 Å². The zero-order valence-corrected chi connectivity index (χ0v) is 24.4. The number of hydrogen-bond acceptors (Lipinski definition) is 8. The molecule has 2 heterocycles. The minimum absolute atomic E-state index is 0.230. The third-order valence-electron chi connectivity index (χ3n) is 6.64. The predicted molar refractivity (Wildman–Crippen MR) is 158 cm³/mol. The van der Waals surface area contributed by atoms with Crippen LogP contribution in [0.4, 0.5) is 0 Å². The Morgan fingerprint density at radius 2 is 1.73 bits per heavy atom. The van der Waals surface area contributed by atoms with Gasteiger partial charge in [-0.15, -0.1) is 0 Å². The highest BCUT2D eigenvalue weighted by atomic mass is 35.5. The molecule has 8 nitrogen and oxygen atoms in total. The summed E-state index contributed by atoms with van der Waals surface area (Å²) in [7, 11) is 4.38. The summed E-state index contributed by atoms with van der Waals surface area (Å²) >= 11 is 7.56. The zero-order chi connectivity index (χ0) is 29.1. The molecule has 0 spiro atoms. The lowest BCUT2D eigenvalue weighted by molar-refractivity contribution is -0.136. The molecule has 0 radical (unpaired) electrons. The molecule has 0 saturated carbocycles. The zero-order valence-electron chi connectivity index (χ0n) is 22.8. The number of rotatable bonds is 8. The lowest BCUT2D eigenvalue weighted by atomic mass is 9.95. The van der Waals surface area contributed by atoms with Crippen LogP contribution < -0.4 is 29.1 Å². The van der Waals surface area contributed by atoms with Crippen LogP contribution in [0.25, 0.3) is 6.08 Å². The second kappa shape index (κ2) is 12.0. The molecular formula is C31H27ClN2O6S. The number of aromatic nitrogens is 1. The molecule has 1 aliphatic rings. The van der Waals surface area contributed by atoms with Crippen molar-refractivity contribution in [3.8, 4) is 17.2 Å². The number of methoxy groups -OCH3 is 3. The second-order valence-corrected chi connectivity index (χ2v) is 10.6. The largest absolute Gasteiger partial charge is 0.496 e. The van der Waals surface area contributed by atoms with Crippen molar-refractivity contribution in [2.75, 3.05) is 21.3 Å². The van der Waals surface area contributed by atoms with Crippen molar-refractivity contribution in [1.29, 1.82) is 0 Å². The molecule has 0 aliphatic carbocycles. The van der Waals surface area contributed by atoms with Crippen LogP contribution in [-0.2, 0) is 16.1 Å². The van der Waals surface area contributed by atoms with E-state index < -0.39 is 12.0 Å². The number of nitrogens with zero attached hydrogens (tertiary/aromatic N) is 2. The molecule has 0 amide bonds. The molecule has 3 aromatic carbocycles. The Labute approximate surface area is 245 Å². The van der Waals surface area contributed by atoms with Gasteiger partial charge < -0.3 is 18.9 Å². The third kappa shape index (κ3) is 5.64. The Kier molecular flexibility index (Phi) is 8.28. The molecule has 0 fully saturated rings. The van der Waals surface area contributed by atoms with E-state index in [2.05, 4.69) is 4.99 Å². The number of benzene rings is 3. The Hall–Kier alpha value is -4.34. The molecule has 5 rings (SSSR count). The van der Waals surface area contributed by atoms with Crippen molar-refractivity contribution in [3.63, 3.8) is 0 Å². The molecule has 210 valence electrons. The maximum absolute atomic E-state index is 13.9. The van der Waals surface area contributed by atoms with Gasteiger partial charge in [0.2, 0.25) is 0 Å². The summed E-state index contributed by atoms with van der Waals surface area (Å²) in [6.45, 7) is 2.11. The quantitative estimate of drug-likeness (QED) is 0.278. The van der Waals surface area contributed by atoms with Gasteiger partial charge in [0.25, 0.3) is 5.56 Å². The first kappa shape index (κ1) is 28.2. The Morgan fingerprint density at radius 3 is 2.44 bits per heavy atom. The Bertz CT molecular complexity index is 1830. The van der Waals surface area contributed by atoms with E-state index in [0.717, 1.165) is 11.1 Å².